The summed E-state index contributed by atoms with van der Waals surface area (Å²) in [5.41, 5.74) is 5.33. The molecule has 0 aromatic rings. The third-order valence-electron chi connectivity index (χ3n) is 2.65. The molecular formula is C10H23NOSi. The summed E-state index contributed by atoms with van der Waals surface area (Å²) in [6.07, 6.45) is 3.94. The zero-order valence-corrected chi connectivity index (χ0v) is 10.6. The van der Waals surface area contributed by atoms with Crippen LogP contribution in [0.1, 0.15) is 20.8 Å². The lowest BCUT2D eigenvalue weighted by Crippen LogP contribution is -2.40. The second kappa shape index (κ2) is 4.93. The van der Waals surface area contributed by atoms with E-state index in [4.69, 9.17) is 10.2 Å². The molecule has 2 N–H and O–H groups in total. The van der Waals surface area contributed by atoms with Crippen molar-refractivity contribution in [1.29, 1.82) is 0 Å². The van der Waals surface area contributed by atoms with Gasteiger partial charge >= 0.3 is 0 Å². The number of hydrogen-bond donors (Lipinski definition) is 1. The van der Waals surface area contributed by atoms with E-state index in [1.165, 1.54) is 0 Å². The average molecular weight is 201 g/mol. The van der Waals surface area contributed by atoms with Gasteiger partial charge in [-0.15, -0.1) is 0 Å². The van der Waals surface area contributed by atoms with Crippen molar-refractivity contribution in [1.82, 2.24) is 0 Å². The van der Waals surface area contributed by atoms with E-state index in [1.807, 2.05) is 12.2 Å². The first-order valence-corrected chi connectivity index (χ1v) is 7.71. The SMILES string of the molecule is CC(C)(C)[Si](C)(C)OC/C=C\CN. The first kappa shape index (κ1) is 12.9. The van der Waals surface area contributed by atoms with Gasteiger partial charge in [-0.2, -0.15) is 0 Å². The van der Waals surface area contributed by atoms with E-state index in [9.17, 15) is 0 Å². The third kappa shape index (κ3) is 4.60. The molecule has 0 aliphatic carbocycles. The fourth-order valence-corrected chi connectivity index (χ4v) is 1.58. The Balaban J connectivity index is 3.97. The molecule has 0 spiro atoms. The molecule has 0 amide bonds. The Kier molecular flexibility index (Phi) is 4.89. The Bertz CT molecular complexity index is 170. The van der Waals surface area contributed by atoms with Crippen LogP contribution in [0.3, 0.4) is 0 Å². The van der Waals surface area contributed by atoms with Crippen LogP contribution in [-0.2, 0) is 4.43 Å². The second-order valence-corrected chi connectivity index (χ2v) is 9.59. The van der Waals surface area contributed by atoms with E-state index in [-0.39, 0.29) is 0 Å². The molecule has 0 aromatic carbocycles. The van der Waals surface area contributed by atoms with Gasteiger partial charge in [0.05, 0.1) is 6.61 Å². The van der Waals surface area contributed by atoms with E-state index in [1.54, 1.807) is 0 Å². The largest absolute Gasteiger partial charge is 0.413 e. The highest BCUT2D eigenvalue weighted by molar-refractivity contribution is 6.74. The van der Waals surface area contributed by atoms with Gasteiger partial charge in [0.2, 0.25) is 0 Å². The Morgan fingerprint density at radius 3 is 2.15 bits per heavy atom. The zero-order valence-electron chi connectivity index (χ0n) is 9.55. The lowest BCUT2D eigenvalue weighted by Gasteiger charge is -2.35. The molecular weight excluding hydrogens is 178 g/mol. The van der Waals surface area contributed by atoms with Crippen LogP contribution >= 0.6 is 0 Å². The Labute approximate surface area is 83.3 Å². The van der Waals surface area contributed by atoms with Crippen molar-refractivity contribution in [3.8, 4) is 0 Å². The summed E-state index contributed by atoms with van der Waals surface area (Å²) < 4.78 is 5.89. The second-order valence-electron chi connectivity index (χ2n) is 4.78. The normalized spacial score (nSPS) is 14.0. The highest BCUT2D eigenvalue weighted by atomic mass is 28.4. The van der Waals surface area contributed by atoms with Gasteiger partial charge in [0.25, 0.3) is 0 Å². The van der Waals surface area contributed by atoms with Crippen molar-refractivity contribution in [3.63, 3.8) is 0 Å². The fourth-order valence-electron chi connectivity index (χ4n) is 0.637. The third-order valence-corrected chi connectivity index (χ3v) is 7.15. The fraction of sp³-hybridized carbons (Fsp3) is 0.800. The van der Waals surface area contributed by atoms with E-state index in [0.29, 0.717) is 18.2 Å². The van der Waals surface area contributed by atoms with Gasteiger partial charge in [-0.05, 0) is 18.1 Å². The molecule has 0 aliphatic heterocycles. The van der Waals surface area contributed by atoms with Crippen molar-refractivity contribution in [2.75, 3.05) is 13.2 Å². The molecule has 13 heavy (non-hydrogen) atoms. The van der Waals surface area contributed by atoms with Crippen LogP contribution in [0.2, 0.25) is 18.1 Å². The monoisotopic (exact) mass is 201 g/mol. The van der Waals surface area contributed by atoms with Gasteiger partial charge in [0.15, 0.2) is 8.32 Å². The van der Waals surface area contributed by atoms with Gasteiger partial charge in [0.1, 0.15) is 0 Å². The topological polar surface area (TPSA) is 35.2 Å². The minimum absolute atomic E-state index is 0.295. The van der Waals surface area contributed by atoms with Crippen LogP contribution in [-0.4, -0.2) is 21.5 Å². The minimum Gasteiger partial charge on any atom is -0.413 e. The quantitative estimate of drug-likeness (QED) is 0.560. The van der Waals surface area contributed by atoms with Gasteiger partial charge in [-0.1, -0.05) is 32.9 Å². The first-order chi connectivity index (χ1) is 5.81. The highest BCUT2D eigenvalue weighted by Gasteiger charge is 2.36. The highest BCUT2D eigenvalue weighted by Crippen LogP contribution is 2.36. The molecule has 0 bridgehead atoms. The van der Waals surface area contributed by atoms with E-state index >= 15 is 0 Å². The molecule has 3 heteroatoms. The average Bonchev–Trinajstić information content (AvgIpc) is 1.96. The van der Waals surface area contributed by atoms with Gasteiger partial charge < -0.3 is 10.2 Å². The Morgan fingerprint density at radius 1 is 1.23 bits per heavy atom. The van der Waals surface area contributed by atoms with Crippen molar-refractivity contribution in [2.24, 2.45) is 5.73 Å². The molecule has 0 fully saturated rings. The molecule has 0 heterocycles. The van der Waals surface area contributed by atoms with Crippen LogP contribution in [0.4, 0.5) is 0 Å². The summed E-state index contributed by atoms with van der Waals surface area (Å²) in [4.78, 5) is 0. The first-order valence-electron chi connectivity index (χ1n) is 4.80. The van der Waals surface area contributed by atoms with E-state index in [0.717, 1.165) is 0 Å². The predicted molar refractivity (Wildman–Crippen MR) is 61.3 cm³/mol. The molecule has 0 saturated carbocycles. The summed E-state index contributed by atoms with van der Waals surface area (Å²) in [7, 11) is -1.55. The van der Waals surface area contributed by atoms with Crippen molar-refractivity contribution in [3.05, 3.63) is 12.2 Å². The maximum absolute atomic E-state index is 5.89. The maximum atomic E-state index is 5.89. The molecule has 0 unspecified atom stereocenters. The van der Waals surface area contributed by atoms with Crippen LogP contribution in [0, 0.1) is 0 Å². The summed E-state index contributed by atoms with van der Waals surface area (Å²) in [6.45, 7) is 12.5. The van der Waals surface area contributed by atoms with Crippen LogP contribution < -0.4 is 5.73 Å². The molecule has 0 aromatic heterocycles. The molecule has 0 rings (SSSR count). The maximum Gasteiger partial charge on any atom is 0.192 e. The van der Waals surface area contributed by atoms with Crippen molar-refractivity contribution >= 4 is 8.32 Å². The summed E-state index contributed by atoms with van der Waals surface area (Å²) in [5, 5.41) is 0.295. The van der Waals surface area contributed by atoms with Gasteiger partial charge in [-0.3, -0.25) is 0 Å². The molecule has 2 nitrogen and oxygen atoms in total. The van der Waals surface area contributed by atoms with Crippen LogP contribution in [0.15, 0.2) is 12.2 Å². The Morgan fingerprint density at radius 2 is 1.77 bits per heavy atom. The lowest BCUT2D eigenvalue weighted by molar-refractivity contribution is 0.328. The molecule has 0 radical (unpaired) electrons. The zero-order chi connectivity index (χ0) is 10.5. The molecule has 78 valence electrons. The number of rotatable bonds is 4. The number of nitrogens with two attached hydrogens (primary N) is 1. The smallest absolute Gasteiger partial charge is 0.192 e. The lowest BCUT2D eigenvalue weighted by atomic mass is 10.2. The predicted octanol–water partition coefficient (Wildman–Crippen LogP) is 2.52. The minimum atomic E-state index is -1.55. The van der Waals surface area contributed by atoms with E-state index in [2.05, 4.69) is 33.9 Å². The standard InChI is InChI=1S/C10H23NOSi/c1-10(2,3)13(4,5)12-9-7-6-8-11/h6-7H,8-9,11H2,1-5H3/b7-6-. The van der Waals surface area contributed by atoms with Crippen molar-refractivity contribution < 1.29 is 4.43 Å². The van der Waals surface area contributed by atoms with E-state index < -0.39 is 8.32 Å². The molecule has 0 atom stereocenters. The van der Waals surface area contributed by atoms with Crippen LogP contribution in [0.5, 0.6) is 0 Å². The van der Waals surface area contributed by atoms with Crippen LogP contribution in [0.25, 0.3) is 0 Å². The summed E-state index contributed by atoms with van der Waals surface area (Å²) in [6, 6.07) is 0. The molecule has 0 aliphatic rings. The Hall–Kier alpha value is -0.123. The van der Waals surface area contributed by atoms with Crippen molar-refractivity contribution in [2.45, 2.75) is 38.9 Å². The summed E-state index contributed by atoms with van der Waals surface area (Å²) >= 11 is 0. The summed E-state index contributed by atoms with van der Waals surface area (Å²) in [5.74, 6) is 0. The number of hydrogen-bond acceptors (Lipinski definition) is 2. The van der Waals surface area contributed by atoms with Gasteiger partial charge in [0, 0.05) is 6.54 Å². The van der Waals surface area contributed by atoms with Gasteiger partial charge in [-0.25, -0.2) is 0 Å². The molecule has 0 saturated heterocycles.